The van der Waals surface area contributed by atoms with Crippen LogP contribution in [0.2, 0.25) is 0 Å². The number of nitrogens with zero attached hydrogens (tertiary/aromatic N) is 3. The number of fused-ring (bicyclic) bond motifs is 2. The maximum atomic E-state index is 13.2. The summed E-state index contributed by atoms with van der Waals surface area (Å²) in [5.41, 5.74) is 5.44. The minimum Gasteiger partial charge on any atom is -0.381 e. The lowest BCUT2D eigenvalue weighted by Crippen LogP contribution is -2.29. The third kappa shape index (κ3) is 5.75. The molecular weight excluding hydrogens is 556 g/mol. The number of pyridine rings is 1. The predicted octanol–water partition coefficient (Wildman–Crippen LogP) is 6.13. The largest absolute Gasteiger partial charge is 0.381 e. The van der Waals surface area contributed by atoms with Gasteiger partial charge in [0.2, 0.25) is 0 Å². The second-order valence-corrected chi connectivity index (χ2v) is 12.9. The Balaban J connectivity index is 1.07. The van der Waals surface area contributed by atoms with Gasteiger partial charge in [0.25, 0.3) is 11.5 Å². The van der Waals surface area contributed by atoms with Crippen LogP contribution >= 0.6 is 11.3 Å². The van der Waals surface area contributed by atoms with E-state index >= 15 is 0 Å². The van der Waals surface area contributed by atoms with E-state index in [4.69, 9.17) is 4.98 Å². The summed E-state index contributed by atoms with van der Waals surface area (Å²) in [6.45, 7) is 6.90. The molecule has 1 fully saturated rings. The molecule has 0 spiro atoms. The molecule has 3 aromatic heterocycles. The van der Waals surface area contributed by atoms with Crippen molar-refractivity contribution in [1.82, 2.24) is 24.8 Å². The van der Waals surface area contributed by atoms with Crippen LogP contribution in [0.5, 0.6) is 0 Å². The van der Waals surface area contributed by atoms with Crippen molar-refractivity contribution in [3.8, 4) is 21.8 Å². The number of amides is 1. The smallest absolute Gasteiger partial charge is 0.261 e. The Bertz CT molecular complexity index is 1820. The Morgan fingerprint density at radius 1 is 1.02 bits per heavy atom. The van der Waals surface area contributed by atoms with Crippen LogP contribution in [0.4, 0.5) is 5.69 Å². The summed E-state index contributed by atoms with van der Waals surface area (Å²) in [4.78, 5) is 44.2. The predicted molar refractivity (Wildman–Crippen MR) is 174 cm³/mol. The number of thiophene rings is 1. The Kier molecular flexibility index (Phi) is 7.59. The number of hydrogen-bond acceptors (Lipinski definition) is 6. The molecule has 0 aliphatic carbocycles. The molecule has 1 saturated heterocycles. The van der Waals surface area contributed by atoms with Crippen molar-refractivity contribution >= 4 is 34.0 Å². The molecule has 3 N–H and O–H groups in total. The molecule has 1 amide bonds. The summed E-state index contributed by atoms with van der Waals surface area (Å²) in [5.74, 6) is 0.569. The van der Waals surface area contributed by atoms with E-state index in [1.165, 1.54) is 41.2 Å². The zero-order valence-electron chi connectivity index (χ0n) is 24.4. The fourth-order valence-electron chi connectivity index (χ4n) is 6.37. The molecular formula is C34H36N6O2S. The third-order valence-corrected chi connectivity index (χ3v) is 9.67. The van der Waals surface area contributed by atoms with E-state index in [0.717, 1.165) is 53.8 Å². The van der Waals surface area contributed by atoms with E-state index in [0.29, 0.717) is 17.9 Å². The van der Waals surface area contributed by atoms with Gasteiger partial charge in [-0.25, -0.2) is 4.98 Å². The molecule has 0 radical (unpaired) electrons. The molecule has 9 heteroatoms. The van der Waals surface area contributed by atoms with E-state index < -0.39 is 0 Å². The Morgan fingerprint density at radius 2 is 1.86 bits per heavy atom. The number of benzene rings is 2. The van der Waals surface area contributed by atoms with Gasteiger partial charge in [-0.15, -0.1) is 11.3 Å². The summed E-state index contributed by atoms with van der Waals surface area (Å²) in [7, 11) is 0. The Labute approximate surface area is 254 Å². The van der Waals surface area contributed by atoms with Gasteiger partial charge in [0, 0.05) is 47.1 Å². The van der Waals surface area contributed by atoms with Gasteiger partial charge in [-0.2, -0.15) is 0 Å². The zero-order chi connectivity index (χ0) is 29.3. The van der Waals surface area contributed by atoms with E-state index in [1.807, 2.05) is 29.2 Å². The van der Waals surface area contributed by atoms with Crippen molar-refractivity contribution in [1.29, 1.82) is 0 Å². The van der Waals surface area contributed by atoms with Crippen molar-refractivity contribution in [3.05, 3.63) is 93.2 Å². The lowest BCUT2D eigenvalue weighted by Gasteiger charge is -2.19. The van der Waals surface area contributed by atoms with Gasteiger partial charge in [-0.05, 0) is 87.3 Å². The van der Waals surface area contributed by atoms with E-state index in [2.05, 4.69) is 63.5 Å². The highest BCUT2D eigenvalue weighted by Crippen LogP contribution is 2.32. The second kappa shape index (κ2) is 11.8. The number of rotatable bonds is 10. The topological polar surface area (TPSA) is 97.1 Å². The number of carbonyl (C=O) groups excluding carboxylic acids is 1. The van der Waals surface area contributed by atoms with Crippen LogP contribution in [-0.4, -0.2) is 62.9 Å². The molecule has 0 saturated carbocycles. The summed E-state index contributed by atoms with van der Waals surface area (Å²) in [6.07, 6.45) is 6.05. The number of aromatic amines is 2. The molecule has 7 rings (SSSR count). The monoisotopic (exact) mass is 592 g/mol. The van der Waals surface area contributed by atoms with Gasteiger partial charge in [-0.1, -0.05) is 30.3 Å². The molecule has 43 heavy (non-hydrogen) atoms. The fourth-order valence-corrected chi connectivity index (χ4v) is 7.51. The minimum atomic E-state index is -0.216. The van der Waals surface area contributed by atoms with Gasteiger partial charge in [0.05, 0.1) is 16.7 Å². The highest BCUT2D eigenvalue weighted by atomic mass is 32.1. The summed E-state index contributed by atoms with van der Waals surface area (Å²) in [5, 5.41) is 3.55. The highest BCUT2D eigenvalue weighted by Gasteiger charge is 2.29. The lowest BCUT2D eigenvalue weighted by atomic mass is 10.1. The standard InChI is InChI=1S/C34H36N6O2S/c1-22(18-25-10-11-30(43-25)23-8-3-2-4-9-23)36-27-12-13-35-33(41)31(27)32-37-28-19-24-21-40(17-7-16-39-14-5-6-15-39)34(42)26(24)20-29(28)38-32/h2-4,8-13,19-20,22H,5-7,14-18,21H2,1H3,(H,37,38)(H2,35,36,41). The van der Waals surface area contributed by atoms with Crippen molar-refractivity contribution in [2.24, 2.45) is 0 Å². The van der Waals surface area contributed by atoms with Crippen LogP contribution in [0, 0.1) is 0 Å². The fraction of sp³-hybridized carbons (Fsp3) is 0.324. The lowest BCUT2D eigenvalue weighted by molar-refractivity contribution is 0.0772. The van der Waals surface area contributed by atoms with E-state index in [9.17, 15) is 9.59 Å². The van der Waals surface area contributed by atoms with Crippen molar-refractivity contribution in [2.75, 3.05) is 31.5 Å². The SMILES string of the molecule is CC(Cc1ccc(-c2ccccc2)s1)Nc1cc[nH]c(=O)c1-c1nc2cc3c(cc2[nH]1)C(=O)N(CCCN1CCCC1)C3. The number of aromatic nitrogens is 3. The molecule has 2 aliphatic heterocycles. The first-order valence-corrected chi connectivity index (χ1v) is 16.0. The molecule has 1 unspecified atom stereocenters. The Hall–Kier alpha value is -4.21. The van der Waals surface area contributed by atoms with Crippen LogP contribution in [0.15, 0.2) is 71.7 Å². The summed E-state index contributed by atoms with van der Waals surface area (Å²) >= 11 is 1.79. The van der Waals surface area contributed by atoms with Crippen molar-refractivity contribution < 1.29 is 4.79 Å². The van der Waals surface area contributed by atoms with Gasteiger partial charge >= 0.3 is 0 Å². The molecule has 220 valence electrons. The third-order valence-electron chi connectivity index (χ3n) is 8.51. The maximum absolute atomic E-state index is 13.2. The Morgan fingerprint density at radius 3 is 2.70 bits per heavy atom. The van der Waals surface area contributed by atoms with Gasteiger partial charge in [0.15, 0.2) is 0 Å². The average Bonchev–Trinajstić information content (AvgIpc) is 3.81. The average molecular weight is 593 g/mol. The number of nitrogens with one attached hydrogen (secondary N) is 3. The summed E-state index contributed by atoms with van der Waals surface area (Å²) in [6, 6.07) is 20.6. The minimum absolute atomic E-state index is 0.0761. The van der Waals surface area contributed by atoms with Crippen LogP contribution in [0.1, 0.15) is 47.0 Å². The second-order valence-electron chi connectivity index (χ2n) is 11.7. The van der Waals surface area contributed by atoms with Crippen LogP contribution in [0.25, 0.3) is 32.9 Å². The van der Waals surface area contributed by atoms with Gasteiger partial charge in [-0.3, -0.25) is 9.59 Å². The number of anilines is 1. The highest BCUT2D eigenvalue weighted by molar-refractivity contribution is 7.15. The molecule has 8 nitrogen and oxygen atoms in total. The first kappa shape index (κ1) is 27.6. The zero-order valence-corrected chi connectivity index (χ0v) is 25.2. The van der Waals surface area contributed by atoms with Crippen LogP contribution in [-0.2, 0) is 13.0 Å². The summed E-state index contributed by atoms with van der Waals surface area (Å²) < 4.78 is 0. The van der Waals surface area contributed by atoms with Crippen LogP contribution < -0.4 is 10.9 Å². The molecule has 0 bridgehead atoms. The normalized spacial score (nSPS) is 15.8. The number of likely N-dealkylation sites (tertiary alicyclic amines) is 1. The molecule has 2 aliphatic rings. The van der Waals surface area contributed by atoms with Crippen molar-refractivity contribution in [3.63, 3.8) is 0 Å². The molecule has 5 aromatic rings. The number of carbonyl (C=O) groups is 1. The number of imidazole rings is 1. The number of H-pyrrole nitrogens is 2. The quantitative estimate of drug-likeness (QED) is 0.181. The van der Waals surface area contributed by atoms with E-state index in [-0.39, 0.29) is 17.5 Å². The molecule has 2 aromatic carbocycles. The molecule has 5 heterocycles. The van der Waals surface area contributed by atoms with Gasteiger partial charge in [0.1, 0.15) is 11.4 Å². The van der Waals surface area contributed by atoms with Crippen LogP contribution in [0.3, 0.4) is 0 Å². The maximum Gasteiger partial charge on any atom is 0.261 e. The van der Waals surface area contributed by atoms with E-state index in [1.54, 1.807) is 17.5 Å². The molecule has 1 atom stereocenters. The number of hydrogen-bond donors (Lipinski definition) is 3. The first-order valence-electron chi connectivity index (χ1n) is 15.2. The first-order chi connectivity index (χ1) is 21.0. The van der Waals surface area contributed by atoms with Gasteiger partial charge < -0.3 is 25.1 Å². The van der Waals surface area contributed by atoms with Crippen molar-refractivity contribution in [2.45, 2.75) is 45.2 Å².